The van der Waals surface area contributed by atoms with Crippen molar-refractivity contribution in [1.82, 2.24) is 5.48 Å². The second-order valence-corrected chi connectivity index (χ2v) is 3.36. The lowest BCUT2D eigenvalue weighted by Crippen LogP contribution is -2.22. The molecule has 6 heteroatoms. The lowest BCUT2D eigenvalue weighted by Gasteiger charge is -2.00. The minimum absolute atomic E-state index is 0. The monoisotopic (exact) mass is 236 g/mol. The molecule has 0 aromatic carbocycles. The number of hydrogen-bond acceptors (Lipinski definition) is 4. The molecule has 4 nitrogen and oxygen atoms in total. The smallest absolute Gasteiger partial charge is 0.284 e. The number of hydroxylamine groups is 1. The van der Waals surface area contributed by atoms with Gasteiger partial charge in [-0.1, -0.05) is 0 Å². The number of amides is 1. The van der Waals surface area contributed by atoms with Crippen LogP contribution in [0.4, 0.5) is 5.00 Å². The Morgan fingerprint density at radius 1 is 1.57 bits per heavy atom. The van der Waals surface area contributed by atoms with E-state index in [-0.39, 0.29) is 18.3 Å². The van der Waals surface area contributed by atoms with Crippen molar-refractivity contribution in [1.29, 1.82) is 0 Å². The van der Waals surface area contributed by atoms with E-state index in [1.54, 1.807) is 6.07 Å². The first kappa shape index (κ1) is 13.2. The Hall–Kier alpha value is -0.780. The maximum absolute atomic E-state index is 11.3. The van der Waals surface area contributed by atoms with Gasteiger partial charge in [-0.05, 0) is 19.1 Å². The molecule has 1 rings (SSSR count). The van der Waals surface area contributed by atoms with E-state index in [0.717, 1.165) is 5.00 Å². The van der Waals surface area contributed by atoms with Crippen LogP contribution in [-0.4, -0.2) is 19.6 Å². The van der Waals surface area contributed by atoms with Crippen molar-refractivity contribution in [2.24, 2.45) is 0 Å². The Morgan fingerprint density at radius 3 is 2.79 bits per heavy atom. The maximum atomic E-state index is 11.3. The van der Waals surface area contributed by atoms with E-state index in [2.05, 4.69) is 10.8 Å². The molecule has 14 heavy (non-hydrogen) atoms. The highest BCUT2D eigenvalue weighted by Crippen LogP contribution is 2.20. The molecule has 0 saturated heterocycles. The van der Waals surface area contributed by atoms with Crippen molar-refractivity contribution in [3.63, 3.8) is 0 Å². The fourth-order valence-corrected chi connectivity index (χ4v) is 1.53. The minimum atomic E-state index is -0.201. The highest BCUT2D eigenvalue weighted by Gasteiger charge is 2.07. The largest absolute Gasteiger partial charge is 0.380 e. The summed E-state index contributed by atoms with van der Waals surface area (Å²) in [4.78, 5) is 16.7. The molecule has 1 aromatic heterocycles. The summed E-state index contributed by atoms with van der Waals surface area (Å²) in [7, 11) is 1.82. The van der Waals surface area contributed by atoms with Crippen molar-refractivity contribution >= 4 is 34.7 Å². The van der Waals surface area contributed by atoms with Gasteiger partial charge in [-0.15, -0.1) is 23.7 Å². The van der Waals surface area contributed by atoms with Gasteiger partial charge < -0.3 is 5.32 Å². The molecule has 80 valence electrons. The summed E-state index contributed by atoms with van der Waals surface area (Å²) in [6, 6.07) is 3.61. The molecule has 1 aromatic rings. The second-order valence-electron chi connectivity index (χ2n) is 2.28. The number of thiophene rings is 1. The summed E-state index contributed by atoms with van der Waals surface area (Å²) in [6.45, 7) is 2.28. The molecule has 0 aliphatic carbocycles. The lowest BCUT2D eigenvalue weighted by atomic mass is 10.4. The molecule has 0 bridgehead atoms. The summed E-state index contributed by atoms with van der Waals surface area (Å²) >= 11 is 1.39. The van der Waals surface area contributed by atoms with Gasteiger partial charge in [-0.25, -0.2) is 5.48 Å². The van der Waals surface area contributed by atoms with Crippen LogP contribution >= 0.6 is 23.7 Å². The third-order valence-corrected chi connectivity index (χ3v) is 2.49. The summed E-state index contributed by atoms with van der Waals surface area (Å²) in [6.07, 6.45) is 0. The Kier molecular flexibility index (Phi) is 6.27. The van der Waals surface area contributed by atoms with E-state index in [4.69, 9.17) is 4.84 Å². The number of halogens is 1. The molecule has 0 spiro atoms. The van der Waals surface area contributed by atoms with E-state index >= 15 is 0 Å². The van der Waals surface area contributed by atoms with Crippen LogP contribution in [0.25, 0.3) is 0 Å². The molecule has 2 N–H and O–H groups in total. The van der Waals surface area contributed by atoms with Gasteiger partial charge in [0.25, 0.3) is 5.91 Å². The topological polar surface area (TPSA) is 50.4 Å². The molecule has 0 aliphatic heterocycles. The molecule has 1 heterocycles. The molecule has 0 fully saturated rings. The predicted octanol–water partition coefficient (Wildman–Crippen LogP) is 1.89. The van der Waals surface area contributed by atoms with Gasteiger partial charge in [-0.3, -0.25) is 9.63 Å². The number of carbonyl (C=O) groups is 1. The van der Waals surface area contributed by atoms with Crippen LogP contribution in [0.5, 0.6) is 0 Å². The van der Waals surface area contributed by atoms with Gasteiger partial charge in [0, 0.05) is 7.05 Å². The van der Waals surface area contributed by atoms with E-state index < -0.39 is 0 Å². The average Bonchev–Trinajstić information content (AvgIpc) is 2.62. The summed E-state index contributed by atoms with van der Waals surface area (Å²) in [5.41, 5.74) is 2.33. The second kappa shape index (κ2) is 6.64. The molecule has 0 atom stereocenters. The minimum Gasteiger partial charge on any atom is -0.380 e. The van der Waals surface area contributed by atoms with E-state index in [0.29, 0.717) is 11.5 Å². The first-order chi connectivity index (χ1) is 6.27. The maximum Gasteiger partial charge on any atom is 0.284 e. The van der Waals surface area contributed by atoms with Crippen molar-refractivity contribution < 1.29 is 9.63 Å². The Morgan fingerprint density at radius 2 is 2.29 bits per heavy atom. The van der Waals surface area contributed by atoms with Crippen LogP contribution in [0, 0.1) is 0 Å². The van der Waals surface area contributed by atoms with Crippen molar-refractivity contribution in [2.45, 2.75) is 6.92 Å². The normalized spacial score (nSPS) is 9.00. The fraction of sp³-hybridized carbons (Fsp3) is 0.375. The lowest BCUT2D eigenvalue weighted by molar-refractivity contribution is 0.0368. The standard InChI is InChI=1S/C8H12N2O2S.ClH/c1-3-12-10-8(11)6-4-5-7(9-2)13-6;/h4-5,9H,3H2,1-2H3,(H,10,11);1H. The fourth-order valence-electron chi connectivity index (χ4n) is 0.782. The first-order valence-corrected chi connectivity index (χ1v) is 4.79. The number of hydrogen-bond donors (Lipinski definition) is 2. The Balaban J connectivity index is 0.00000169. The van der Waals surface area contributed by atoms with Crippen molar-refractivity contribution in [3.05, 3.63) is 17.0 Å². The Labute approximate surface area is 93.0 Å². The third-order valence-electron chi connectivity index (χ3n) is 1.39. The quantitative estimate of drug-likeness (QED) is 0.785. The van der Waals surface area contributed by atoms with Gasteiger partial charge in [0.05, 0.1) is 16.5 Å². The first-order valence-electron chi connectivity index (χ1n) is 3.97. The molecule has 0 saturated carbocycles. The van der Waals surface area contributed by atoms with Crippen LogP contribution in [0.1, 0.15) is 16.6 Å². The van der Waals surface area contributed by atoms with Crippen LogP contribution in [0.15, 0.2) is 12.1 Å². The highest BCUT2D eigenvalue weighted by atomic mass is 35.5. The average molecular weight is 237 g/mol. The van der Waals surface area contributed by atoms with Gasteiger partial charge in [-0.2, -0.15) is 0 Å². The van der Waals surface area contributed by atoms with Crippen molar-refractivity contribution in [2.75, 3.05) is 19.0 Å². The zero-order valence-electron chi connectivity index (χ0n) is 7.99. The van der Waals surface area contributed by atoms with E-state index in [1.807, 2.05) is 20.0 Å². The van der Waals surface area contributed by atoms with Gasteiger partial charge in [0.1, 0.15) is 0 Å². The van der Waals surface area contributed by atoms with Crippen LogP contribution in [0.2, 0.25) is 0 Å². The number of nitrogens with one attached hydrogen (secondary N) is 2. The predicted molar refractivity (Wildman–Crippen MR) is 60.2 cm³/mol. The van der Waals surface area contributed by atoms with E-state index in [9.17, 15) is 4.79 Å². The number of anilines is 1. The van der Waals surface area contributed by atoms with Gasteiger partial charge in [0.15, 0.2) is 0 Å². The van der Waals surface area contributed by atoms with Crippen molar-refractivity contribution in [3.8, 4) is 0 Å². The Bertz CT molecular complexity index is 291. The number of carbonyl (C=O) groups excluding carboxylic acids is 1. The molecule has 0 unspecified atom stereocenters. The van der Waals surface area contributed by atoms with Crippen LogP contribution < -0.4 is 10.8 Å². The zero-order valence-corrected chi connectivity index (χ0v) is 9.63. The molecular formula is C8H13ClN2O2S. The summed E-state index contributed by atoms with van der Waals surface area (Å²) in [5, 5.41) is 3.92. The SMILES string of the molecule is CCONC(=O)c1ccc(NC)s1.Cl. The molecule has 0 aliphatic rings. The third kappa shape index (κ3) is 3.53. The van der Waals surface area contributed by atoms with Gasteiger partial charge in [0.2, 0.25) is 0 Å². The van der Waals surface area contributed by atoms with Gasteiger partial charge >= 0.3 is 0 Å². The zero-order chi connectivity index (χ0) is 9.68. The summed E-state index contributed by atoms with van der Waals surface area (Å²) < 4.78 is 0. The van der Waals surface area contributed by atoms with E-state index in [1.165, 1.54) is 11.3 Å². The number of rotatable bonds is 4. The molecule has 1 amide bonds. The highest BCUT2D eigenvalue weighted by molar-refractivity contribution is 7.17. The summed E-state index contributed by atoms with van der Waals surface area (Å²) in [5.74, 6) is -0.201. The van der Waals surface area contributed by atoms with Crippen LogP contribution in [-0.2, 0) is 4.84 Å². The molecular weight excluding hydrogens is 224 g/mol. The molecule has 0 radical (unpaired) electrons. The van der Waals surface area contributed by atoms with Crippen LogP contribution in [0.3, 0.4) is 0 Å².